The molecule has 15 nitrogen and oxygen atoms in total. The Morgan fingerprint density at radius 1 is 0.828 bits per heavy atom. The number of carbonyl (C=O) groups is 1. The molecule has 0 aliphatic carbocycles. The van der Waals surface area contributed by atoms with Gasteiger partial charge in [-0.05, 0) is 78.3 Å². The molecular weight excluding hydrogens is 841 g/mol. The first-order valence-corrected chi connectivity index (χ1v) is 21.9. The van der Waals surface area contributed by atoms with Gasteiger partial charge in [-0.2, -0.15) is 8.42 Å². The summed E-state index contributed by atoms with van der Waals surface area (Å²) in [5.74, 6) is 1.08. The van der Waals surface area contributed by atoms with Gasteiger partial charge in [0.05, 0.1) is 37.5 Å². The maximum absolute atomic E-state index is 14.0. The van der Waals surface area contributed by atoms with E-state index in [1.807, 2.05) is 90.5 Å². The Bertz CT molecular complexity index is 2700. The minimum atomic E-state index is -4.00. The molecule has 1 atom stereocenters. The smallest absolute Gasteiger partial charge is 0.294 e. The van der Waals surface area contributed by atoms with Crippen molar-refractivity contribution >= 4 is 21.8 Å². The number of hydrogen-bond donors (Lipinski definition) is 3. The largest absolute Gasteiger partial charge is 0.493 e. The third-order valence-corrected chi connectivity index (χ3v) is 11.8. The summed E-state index contributed by atoms with van der Waals surface area (Å²) in [7, 11) is -2.40. The number of hydrogen-bond acceptors (Lipinski definition) is 11. The Balaban J connectivity index is 0.000000547. The van der Waals surface area contributed by atoms with Crippen molar-refractivity contribution in [1.82, 2.24) is 9.55 Å². The molecular formula is C48H52N4O11S. The zero-order valence-electron chi connectivity index (χ0n) is 35.6. The number of primary amides is 1. The summed E-state index contributed by atoms with van der Waals surface area (Å²) in [5, 5.41) is 0. The quantitative estimate of drug-likeness (QED) is 0.116. The monoisotopic (exact) mass is 892 g/mol. The number of aromatic nitrogens is 2. The van der Waals surface area contributed by atoms with E-state index in [2.05, 4.69) is 4.98 Å². The number of anilines is 1. The topological polar surface area (TPSA) is 236 Å². The highest BCUT2D eigenvalue weighted by Gasteiger charge is 2.25. The molecule has 1 amide bonds. The first-order chi connectivity index (χ1) is 30.4. The SMILES string of the molecule is COc1cc(-c2cnc(N)c(-c3ccc(-c4c(C(N)=O)c(=O)c(-c5ccc(C)cc5)cn4CC4CCOCC4)cc3)c2)ccc1OC[C@H]1COCCO1.O.O=S(=O)(O)c1ccccc1. The highest BCUT2D eigenvalue weighted by molar-refractivity contribution is 7.85. The highest BCUT2D eigenvalue weighted by Crippen LogP contribution is 2.37. The number of nitrogens with zero attached hydrogens (tertiary/aromatic N) is 2. The molecule has 4 aromatic carbocycles. The molecule has 64 heavy (non-hydrogen) atoms. The van der Waals surface area contributed by atoms with Gasteiger partial charge >= 0.3 is 0 Å². The van der Waals surface area contributed by atoms with E-state index in [-0.39, 0.29) is 22.0 Å². The number of aryl methyl sites for hydroxylation is 1. The van der Waals surface area contributed by atoms with Gasteiger partial charge in [0.25, 0.3) is 16.0 Å². The molecule has 2 saturated heterocycles. The highest BCUT2D eigenvalue weighted by atomic mass is 32.2. The summed E-state index contributed by atoms with van der Waals surface area (Å²) in [6, 6.07) is 30.4. The van der Waals surface area contributed by atoms with Crippen LogP contribution in [0.15, 0.2) is 125 Å². The summed E-state index contributed by atoms with van der Waals surface area (Å²) in [5.41, 5.74) is 18.7. The van der Waals surface area contributed by atoms with E-state index in [0.717, 1.165) is 46.2 Å². The second-order valence-electron chi connectivity index (χ2n) is 15.3. The second kappa shape index (κ2) is 21.3. The van der Waals surface area contributed by atoms with Crippen LogP contribution in [0.3, 0.4) is 0 Å². The molecule has 0 unspecified atom stereocenters. The molecule has 2 aliphatic rings. The molecule has 0 spiro atoms. The van der Waals surface area contributed by atoms with Crippen LogP contribution >= 0.6 is 0 Å². The molecule has 6 aromatic rings. The number of ether oxygens (including phenoxy) is 5. The van der Waals surface area contributed by atoms with E-state index in [0.29, 0.717) is 86.2 Å². The lowest BCUT2D eigenvalue weighted by atomic mass is 9.94. The van der Waals surface area contributed by atoms with Crippen LogP contribution < -0.4 is 26.4 Å². The van der Waals surface area contributed by atoms with E-state index >= 15 is 0 Å². The van der Waals surface area contributed by atoms with Crippen LogP contribution in [0, 0.1) is 12.8 Å². The van der Waals surface area contributed by atoms with Gasteiger partial charge in [0.1, 0.15) is 24.1 Å². The van der Waals surface area contributed by atoms with Gasteiger partial charge in [0.2, 0.25) is 5.43 Å². The Morgan fingerprint density at radius 3 is 2.11 bits per heavy atom. The summed E-state index contributed by atoms with van der Waals surface area (Å²) in [4.78, 5) is 31.6. The van der Waals surface area contributed by atoms with Crippen molar-refractivity contribution in [1.29, 1.82) is 0 Å². The van der Waals surface area contributed by atoms with Crippen molar-refractivity contribution in [2.75, 3.05) is 52.5 Å². The van der Waals surface area contributed by atoms with Crippen LogP contribution in [0.2, 0.25) is 0 Å². The van der Waals surface area contributed by atoms with Crippen LogP contribution in [0.1, 0.15) is 28.8 Å². The number of nitrogen functional groups attached to an aromatic ring is 1. The normalized spacial score (nSPS) is 15.3. The number of amides is 1. The minimum Gasteiger partial charge on any atom is -0.493 e. The van der Waals surface area contributed by atoms with Crippen molar-refractivity contribution in [2.24, 2.45) is 11.7 Å². The molecule has 8 rings (SSSR count). The lowest BCUT2D eigenvalue weighted by molar-refractivity contribution is -0.101. The Morgan fingerprint density at radius 2 is 1.48 bits per heavy atom. The van der Waals surface area contributed by atoms with Crippen molar-refractivity contribution in [3.8, 4) is 56.1 Å². The standard InChI is InChI=1S/C42H44N4O7.C6H6O3S.H2O/c1-26-3-5-29(6-4-26)35-23-46(22-27-13-15-50-16-14-27)39(38(40(35)47)42(44)48)30-9-7-28(8-10-30)34-19-32(21-45-41(34)43)31-11-12-36(37(20-31)49-2)53-25-33-24-51-17-18-52-33;7-10(8,9)6-4-2-1-3-5-6;/h3-12,19-21,23,27,33H,13-18,22,24-25H2,1-2H3,(H2,43,45)(H2,44,48);1-5H,(H,7,8,9);1H2/t33-;;/m1../s1. The van der Waals surface area contributed by atoms with Crippen molar-refractivity contribution in [3.05, 3.63) is 137 Å². The van der Waals surface area contributed by atoms with Crippen LogP contribution in [-0.2, 0) is 30.9 Å². The number of pyridine rings is 2. The van der Waals surface area contributed by atoms with E-state index in [1.165, 1.54) is 12.1 Å². The van der Waals surface area contributed by atoms with Gasteiger partial charge in [-0.3, -0.25) is 14.1 Å². The molecule has 0 radical (unpaired) electrons. The average molecular weight is 893 g/mol. The number of methoxy groups -OCH3 is 1. The molecule has 2 aliphatic heterocycles. The van der Waals surface area contributed by atoms with E-state index in [9.17, 15) is 18.0 Å². The van der Waals surface area contributed by atoms with Gasteiger partial charge in [-0.15, -0.1) is 0 Å². The summed E-state index contributed by atoms with van der Waals surface area (Å²) in [6.07, 6.45) is 5.21. The van der Waals surface area contributed by atoms with Crippen LogP contribution in [-0.4, -0.2) is 86.8 Å². The zero-order chi connectivity index (χ0) is 44.5. The zero-order valence-corrected chi connectivity index (χ0v) is 36.4. The van der Waals surface area contributed by atoms with Gasteiger partial charge in [-0.25, -0.2) is 4.98 Å². The third kappa shape index (κ3) is 11.4. The molecule has 0 bridgehead atoms. The summed E-state index contributed by atoms with van der Waals surface area (Å²) in [6.45, 7) is 5.92. The number of carbonyl (C=O) groups excluding carboxylic acids is 1. The minimum absolute atomic E-state index is 0. The number of nitrogens with two attached hydrogens (primary N) is 2. The van der Waals surface area contributed by atoms with E-state index in [1.54, 1.807) is 31.5 Å². The van der Waals surface area contributed by atoms with Crippen LogP contribution in [0.5, 0.6) is 11.5 Å². The fraction of sp³-hybridized carbons (Fsp3) is 0.271. The maximum Gasteiger partial charge on any atom is 0.294 e. The Hall–Kier alpha value is -6.40. The first kappa shape index (κ1) is 47.1. The average Bonchev–Trinajstić information content (AvgIpc) is 3.30. The molecule has 2 fully saturated rings. The Kier molecular flexibility index (Phi) is 15.7. The predicted octanol–water partition coefficient (Wildman–Crippen LogP) is 6.24. The third-order valence-electron chi connectivity index (χ3n) is 10.9. The molecule has 4 heterocycles. The van der Waals surface area contributed by atoms with Gasteiger partial charge < -0.3 is 45.2 Å². The molecule has 336 valence electrons. The summed E-state index contributed by atoms with van der Waals surface area (Å²) < 4.78 is 59.7. The van der Waals surface area contributed by atoms with Gasteiger partial charge in [-0.1, -0.05) is 78.4 Å². The molecule has 7 N–H and O–H groups in total. The fourth-order valence-electron chi connectivity index (χ4n) is 7.54. The predicted molar refractivity (Wildman–Crippen MR) is 244 cm³/mol. The number of rotatable bonds is 12. The number of benzene rings is 4. The molecule has 0 saturated carbocycles. The van der Waals surface area contributed by atoms with Crippen LogP contribution in [0.4, 0.5) is 5.82 Å². The van der Waals surface area contributed by atoms with E-state index < -0.39 is 21.5 Å². The van der Waals surface area contributed by atoms with Crippen molar-refractivity contribution in [2.45, 2.75) is 37.3 Å². The summed E-state index contributed by atoms with van der Waals surface area (Å²) >= 11 is 0. The molecule has 16 heteroatoms. The Labute approximate surface area is 371 Å². The second-order valence-corrected chi connectivity index (χ2v) is 16.7. The van der Waals surface area contributed by atoms with E-state index in [4.69, 9.17) is 39.7 Å². The molecule has 2 aromatic heterocycles. The van der Waals surface area contributed by atoms with Gasteiger partial charge in [0.15, 0.2) is 11.5 Å². The van der Waals surface area contributed by atoms with Crippen LogP contribution in [0.25, 0.3) is 44.6 Å². The lowest BCUT2D eigenvalue weighted by Gasteiger charge is -2.26. The first-order valence-electron chi connectivity index (χ1n) is 20.5. The van der Waals surface area contributed by atoms with Crippen molar-refractivity contribution in [3.63, 3.8) is 0 Å². The van der Waals surface area contributed by atoms with Gasteiger partial charge in [0, 0.05) is 48.8 Å². The lowest BCUT2D eigenvalue weighted by Crippen LogP contribution is -2.33. The maximum atomic E-state index is 14.0. The fourth-order valence-corrected chi connectivity index (χ4v) is 8.04. The van der Waals surface area contributed by atoms with Crippen molar-refractivity contribution < 1.29 is 46.9 Å².